The third-order valence-corrected chi connectivity index (χ3v) is 1.94. The minimum Gasteiger partial charge on any atom is -0.328 e. The Kier molecular flexibility index (Phi) is 3.26. The number of hydrogen-bond donors (Lipinski definition) is 2. The first-order chi connectivity index (χ1) is 5.34. The second-order valence-electron chi connectivity index (χ2n) is 2.23. The summed E-state index contributed by atoms with van der Waals surface area (Å²) in [7, 11) is 0. The highest BCUT2D eigenvalue weighted by Gasteiger charge is 1.92. The van der Waals surface area contributed by atoms with Crippen LogP contribution in [0.5, 0.6) is 0 Å². The fourth-order valence-corrected chi connectivity index (χ4v) is 1.27. The van der Waals surface area contributed by atoms with Gasteiger partial charge in [0, 0.05) is 5.69 Å². The quantitative estimate of drug-likeness (QED) is 0.535. The second-order valence-corrected chi connectivity index (χ2v) is 3.05. The number of anilines is 1. The topological polar surface area (TPSA) is 38.0 Å². The summed E-state index contributed by atoms with van der Waals surface area (Å²) in [6, 6.07) is 8.14. The molecule has 1 aromatic rings. The Labute approximate surface area is 71.3 Å². The molecule has 0 aliphatic heterocycles. The van der Waals surface area contributed by atoms with E-state index >= 15 is 0 Å². The Morgan fingerprint density at radius 2 is 2.18 bits per heavy atom. The molecule has 0 bridgehead atoms. The molecule has 11 heavy (non-hydrogen) atoms. The summed E-state index contributed by atoms with van der Waals surface area (Å²) >= 11 is 1.50. The van der Waals surface area contributed by atoms with Crippen LogP contribution in [0.1, 0.15) is 5.56 Å². The maximum absolute atomic E-state index is 5.33. The molecule has 0 fully saturated rings. The van der Waals surface area contributed by atoms with E-state index in [-0.39, 0.29) is 0 Å². The van der Waals surface area contributed by atoms with Crippen LogP contribution in [0.2, 0.25) is 0 Å². The van der Waals surface area contributed by atoms with Crippen molar-refractivity contribution in [3.63, 3.8) is 0 Å². The lowest BCUT2D eigenvalue weighted by Gasteiger charge is -2.05. The molecule has 0 saturated carbocycles. The Morgan fingerprint density at radius 3 is 2.82 bits per heavy atom. The summed E-state index contributed by atoms with van der Waals surface area (Å²) in [4.78, 5) is 0. The molecule has 0 aromatic heterocycles. The molecule has 0 unspecified atom stereocenters. The molecule has 0 atom stereocenters. The summed E-state index contributed by atoms with van der Waals surface area (Å²) in [6.45, 7) is 2.07. The first-order valence-corrected chi connectivity index (χ1v) is 4.46. The van der Waals surface area contributed by atoms with Crippen LogP contribution in [0.25, 0.3) is 0 Å². The van der Waals surface area contributed by atoms with Crippen LogP contribution in [0, 0.1) is 6.92 Å². The molecule has 0 aliphatic rings. The molecule has 0 heterocycles. The molecule has 0 saturated heterocycles. The van der Waals surface area contributed by atoms with Gasteiger partial charge in [-0.15, -0.1) is 0 Å². The summed E-state index contributed by atoms with van der Waals surface area (Å²) < 4.78 is 3.15. The number of benzene rings is 1. The SMILES string of the molecule is Cc1ccccc1NSCN. The number of para-hydroxylation sites is 1. The maximum atomic E-state index is 5.33. The van der Waals surface area contributed by atoms with Crippen molar-refractivity contribution in [2.45, 2.75) is 6.92 Å². The Bertz CT molecular complexity index is 225. The Hall–Kier alpha value is -0.670. The van der Waals surface area contributed by atoms with E-state index in [1.165, 1.54) is 17.5 Å². The zero-order valence-electron chi connectivity index (χ0n) is 6.50. The van der Waals surface area contributed by atoms with Gasteiger partial charge in [-0.3, -0.25) is 0 Å². The summed E-state index contributed by atoms with van der Waals surface area (Å²) in [5.41, 5.74) is 7.71. The summed E-state index contributed by atoms with van der Waals surface area (Å²) in [6.07, 6.45) is 0. The van der Waals surface area contributed by atoms with Gasteiger partial charge < -0.3 is 10.5 Å². The van der Waals surface area contributed by atoms with E-state index in [9.17, 15) is 0 Å². The highest BCUT2D eigenvalue weighted by Crippen LogP contribution is 2.16. The van der Waals surface area contributed by atoms with Gasteiger partial charge in [-0.2, -0.15) is 0 Å². The maximum Gasteiger partial charge on any atom is 0.0594 e. The normalized spacial score (nSPS) is 9.64. The molecular formula is C8H12N2S. The number of nitrogens with one attached hydrogen (secondary N) is 1. The van der Waals surface area contributed by atoms with Crippen molar-refractivity contribution in [3.8, 4) is 0 Å². The van der Waals surface area contributed by atoms with Crippen LogP contribution in [0.15, 0.2) is 24.3 Å². The minimum atomic E-state index is 0.592. The number of aryl methyl sites for hydroxylation is 1. The van der Waals surface area contributed by atoms with Crippen molar-refractivity contribution < 1.29 is 0 Å². The van der Waals surface area contributed by atoms with E-state index < -0.39 is 0 Å². The number of hydrogen-bond acceptors (Lipinski definition) is 3. The first-order valence-electron chi connectivity index (χ1n) is 3.48. The third-order valence-electron chi connectivity index (χ3n) is 1.41. The molecule has 1 rings (SSSR count). The molecule has 0 radical (unpaired) electrons. The highest BCUT2D eigenvalue weighted by atomic mass is 32.2. The number of nitrogens with two attached hydrogens (primary N) is 1. The van der Waals surface area contributed by atoms with Gasteiger partial charge in [0.25, 0.3) is 0 Å². The zero-order valence-corrected chi connectivity index (χ0v) is 7.32. The van der Waals surface area contributed by atoms with Gasteiger partial charge in [-0.05, 0) is 30.5 Å². The Balaban J connectivity index is 2.62. The van der Waals surface area contributed by atoms with Crippen molar-refractivity contribution in [1.29, 1.82) is 0 Å². The number of rotatable bonds is 3. The molecule has 60 valence electrons. The molecule has 0 aliphatic carbocycles. The van der Waals surface area contributed by atoms with Gasteiger partial charge in [0.05, 0.1) is 5.88 Å². The third kappa shape index (κ3) is 2.44. The monoisotopic (exact) mass is 168 g/mol. The van der Waals surface area contributed by atoms with Crippen LogP contribution in [0.4, 0.5) is 5.69 Å². The fraction of sp³-hybridized carbons (Fsp3) is 0.250. The van der Waals surface area contributed by atoms with Crippen LogP contribution in [-0.4, -0.2) is 5.88 Å². The molecule has 3 heteroatoms. The van der Waals surface area contributed by atoms with Crippen molar-refractivity contribution in [2.75, 3.05) is 10.6 Å². The van der Waals surface area contributed by atoms with Crippen LogP contribution < -0.4 is 10.5 Å². The summed E-state index contributed by atoms with van der Waals surface area (Å²) in [5.74, 6) is 0.592. The van der Waals surface area contributed by atoms with Crippen molar-refractivity contribution in [3.05, 3.63) is 29.8 Å². The first kappa shape index (κ1) is 8.43. The van der Waals surface area contributed by atoms with Gasteiger partial charge >= 0.3 is 0 Å². The molecule has 1 aromatic carbocycles. The lowest BCUT2D eigenvalue weighted by Crippen LogP contribution is -1.98. The molecule has 0 amide bonds. The standard InChI is InChI=1S/C8H12N2S/c1-7-4-2-3-5-8(7)10-11-6-9/h2-5,10H,6,9H2,1H3. The minimum absolute atomic E-state index is 0.592. The molecule has 3 N–H and O–H groups in total. The average molecular weight is 168 g/mol. The molecule has 2 nitrogen and oxygen atoms in total. The van der Waals surface area contributed by atoms with E-state index in [0.29, 0.717) is 5.88 Å². The largest absolute Gasteiger partial charge is 0.328 e. The van der Waals surface area contributed by atoms with Gasteiger partial charge in [0.2, 0.25) is 0 Å². The molecular weight excluding hydrogens is 156 g/mol. The van der Waals surface area contributed by atoms with Crippen molar-refractivity contribution in [1.82, 2.24) is 0 Å². The van der Waals surface area contributed by atoms with E-state index in [1.807, 2.05) is 18.2 Å². The average Bonchev–Trinajstić information content (AvgIpc) is 2.03. The van der Waals surface area contributed by atoms with Gasteiger partial charge in [-0.25, -0.2) is 0 Å². The molecule has 0 spiro atoms. The predicted octanol–water partition coefficient (Wildman–Crippen LogP) is 1.97. The highest BCUT2D eigenvalue weighted by molar-refractivity contribution is 8.00. The zero-order chi connectivity index (χ0) is 8.10. The van der Waals surface area contributed by atoms with Crippen molar-refractivity contribution in [2.24, 2.45) is 5.73 Å². The predicted molar refractivity (Wildman–Crippen MR) is 51.4 cm³/mol. The lowest BCUT2D eigenvalue weighted by atomic mass is 10.2. The smallest absolute Gasteiger partial charge is 0.0594 e. The van der Waals surface area contributed by atoms with Gasteiger partial charge in [0.15, 0.2) is 0 Å². The van der Waals surface area contributed by atoms with Crippen LogP contribution in [0.3, 0.4) is 0 Å². The van der Waals surface area contributed by atoms with Gasteiger partial charge in [-0.1, -0.05) is 18.2 Å². The van der Waals surface area contributed by atoms with E-state index in [0.717, 1.165) is 5.69 Å². The fourth-order valence-electron chi connectivity index (χ4n) is 0.807. The lowest BCUT2D eigenvalue weighted by molar-refractivity contribution is 1.40. The van der Waals surface area contributed by atoms with Crippen molar-refractivity contribution >= 4 is 17.6 Å². The summed E-state index contributed by atoms with van der Waals surface area (Å²) in [5, 5.41) is 0. The second kappa shape index (κ2) is 4.26. The van der Waals surface area contributed by atoms with E-state index in [1.54, 1.807) is 0 Å². The van der Waals surface area contributed by atoms with E-state index in [4.69, 9.17) is 5.73 Å². The van der Waals surface area contributed by atoms with E-state index in [2.05, 4.69) is 17.7 Å². The Morgan fingerprint density at radius 1 is 1.45 bits per heavy atom. The van der Waals surface area contributed by atoms with Crippen LogP contribution in [-0.2, 0) is 0 Å². The van der Waals surface area contributed by atoms with Gasteiger partial charge in [0.1, 0.15) is 0 Å². The van der Waals surface area contributed by atoms with Crippen LogP contribution >= 0.6 is 11.9 Å².